The van der Waals surface area contributed by atoms with Crippen molar-refractivity contribution in [2.24, 2.45) is 10.7 Å². The van der Waals surface area contributed by atoms with Crippen molar-refractivity contribution in [3.05, 3.63) is 29.6 Å². The number of benzene rings is 1. The van der Waals surface area contributed by atoms with Gasteiger partial charge in [-0.15, -0.1) is 0 Å². The molecule has 1 aromatic carbocycles. The third-order valence-electron chi connectivity index (χ3n) is 4.42. The highest BCUT2D eigenvalue weighted by Gasteiger charge is 2.49. The van der Waals surface area contributed by atoms with Crippen LogP contribution in [0.5, 0.6) is 0 Å². The summed E-state index contributed by atoms with van der Waals surface area (Å²) in [5.74, 6) is -2.91. The third kappa shape index (κ3) is 4.23. The number of hydrogen-bond donors (Lipinski definition) is 2. The van der Waals surface area contributed by atoms with E-state index in [9.17, 15) is 30.8 Å². The molecule has 0 radical (unpaired) electrons. The highest BCUT2D eigenvalue weighted by molar-refractivity contribution is 7.93. The minimum atomic E-state index is -4.69. The van der Waals surface area contributed by atoms with Crippen LogP contribution in [0.1, 0.15) is 32.8 Å². The van der Waals surface area contributed by atoms with E-state index >= 15 is 0 Å². The fraction of sp³-hybridized carbons (Fsp3) is 0.500. The van der Waals surface area contributed by atoms with Crippen LogP contribution in [0.2, 0.25) is 0 Å². The zero-order chi connectivity index (χ0) is 20.8. The summed E-state index contributed by atoms with van der Waals surface area (Å²) in [6, 6.07) is 3.06. The van der Waals surface area contributed by atoms with Crippen LogP contribution in [-0.2, 0) is 20.2 Å². The monoisotopic (exact) mass is 409 g/mol. The van der Waals surface area contributed by atoms with E-state index < -0.39 is 50.2 Å². The summed E-state index contributed by atoms with van der Waals surface area (Å²) in [7, 11) is -3.80. The van der Waals surface area contributed by atoms with Gasteiger partial charge in [0.15, 0.2) is 9.84 Å². The Morgan fingerprint density at radius 1 is 1.30 bits per heavy atom. The van der Waals surface area contributed by atoms with Gasteiger partial charge in [-0.2, -0.15) is 13.2 Å². The van der Waals surface area contributed by atoms with Gasteiger partial charge >= 0.3 is 6.18 Å². The summed E-state index contributed by atoms with van der Waals surface area (Å²) in [4.78, 5) is 15.6. The predicted octanol–water partition coefficient (Wildman–Crippen LogP) is 2.50. The molecule has 0 bridgehead atoms. The summed E-state index contributed by atoms with van der Waals surface area (Å²) in [5, 5.41) is 2.02. The van der Waals surface area contributed by atoms with Gasteiger partial charge in [0.05, 0.1) is 5.75 Å². The van der Waals surface area contributed by atoms with E-state index in [1.54, 1.807) is 0 Å². The largest absolute Gasteiger partial charge is 0.397 e. The van der Waals surface area contributed by atoms with E-state index in [4.69, 9.17) is 5.73 Å². The Kier molecular flexibility index (Phi) is 5.06. The number of nitrogens with zero attached hydrogens (tertiary/aromatic N) is 1. The summed E-state index contributed by atoms with van der Waals surface area (Å²) in [6.07, 6.45) is -6.40. The number of hydrogen-bond acceptors (Lipinski definition) is 5. The normalized spacial score (nSPS) is 24.2. The number of carbonyl (C=O) groups excluding carboxylic acids is 1. The van der Waals surface area contributed by atoms with Gasteiger partial charge in [0.2, 0.25) is 5.91 Å². The molecule has 0 saturated carbocycles. The second-order valence-electron chi connectivity index (χ2n) is 7.08. The number of rotatable bonds is 3. The minimum absolute atomic E-state index is 0.113. The lowest BCUT2D eigenvalue weighted by atomic mass is 9.92. The number of carbonyl (C=O) groups is 1. The van der Waals surface area contributed by atoms with Crippen molar-refractivity contribution in [1.82, 2.24) is 0 Å². The van der Waals surface area contributed by atoms with Crippen molar-refractivity contribution in [3.63, 3.8) is 0 Å². The number of sulfone groups is 1. The molecule has 1 amide bonds. The molecular weight excluding hydrogens is 390 g/mol. The summed E-state index contributed by atoms with van der Waals surface area (Å²) in [5.41, 5.74) is 3.89. The van der Waals surface area contributed by atoms with Crippen molar-refractivity contribution in [3.8, 4) is 0 Å². The van der Waals surface area contributed by atoms with Gasteiger partial charge < -0.3 is 11.1 Å². The lowest BCUT2D eigenvalue weighted by Gasteiger charge is -2.38. The van der Waals surface area contributed by atoms with Gasteiger partial charge in [0, 0.05) is 11.3 Å². The standard InChI is InChI=1S/C16H19F4N3O3S/c1-14(2)13(21)23-15(3,8-27(14,25)26)10-6-9(4-5-11(10)17)22-12(24)7-16(18,19)20/h4-6H,7-8H2,1-3H3,(H2,21,23)(H,22,24)/t15-/m0/s1. The molecule has 1 heterocycles. The van der Waals surface area contributed by atoms with Crippen LogP contribution in [0.15, 0.2) is 23.2 Å². The maximum atomic E-state index is 14.4. The number of aliphatic imine (C=N–C) groups is 1. The van der Waals surface area contributed by atoms with E-state index in [2.05, 4.69) is 4.99 Å². The Hall–Kier alpha value is -2.17. The van der Waals surface area contributed by atoms with Crippen LogP contribution in [-0.4, -0.2) is 36.8 Å². The smallest absolute Gasteiger partial charge is 0.386 e. The molecule has 1 aliphatic rings. The molecule has 6 nitrogen and oxygen atoms in total. The first-order chi connectivity index (χ1) is 12.1. The molecule has 27 heavy (non-hydrogen) atoms. The zero-order valence-electron chi connectivity index (χ0n) is 14.8. The predicted molar refractivity (Wildman–Crippen MR) is 92.5 cm³/mol. The van der Waals surface area contributed by atoms with E-state index in [-0.39, 0.29) is 17.1 Å². The highest BCUT2D eigenvalue weighted by atomic mass is 32.2. The highest BCUT2D eigenvalue weighted by Crippen LogP contribution is 2.38. The topological polar surface area (TPSA) is 102 Å². The minimum Gasteiger partial charge on any atom is -0.386 e. The lowest BCUT2D eigenvalue weighted by Crippen LogP contribution is -2.55. The second-order valence-corrected chi connectivity index (χ2v) is 9.61. The van der Waals surface area contributed by atoms with Gasteiger partial charge in [-0.05, 0) is 39.0 Å². The van der Waals surface area contributed by atoms with Crippen LogP contribution in [0.25, 0.3) is 0 Å². The number of alkyl halides is 3. The molecule has 11 heteroatoms. The molecule has 0 spiro atoms. The number of nitrogens with two attached hydrogens (primary N) is 1. The first-order valence-corrected chi connectivity index (χ1v) is 9.47. The van der Waals surface area contributed by atoms with Crippen LogP contribution < -0.4 is 11.1 Å². The molecule has 0 aromatic heterocycles. The van der Waals surface area contributed by atoms with E-state index in [1.165, 1.54) is 20.8 Å². The van der Waals surface area contributed by atoms with Gasteiger partial charge in [-0.25, -0.2) is 12.8 Å². The van der Waals surface area contributed by atoms with Gasteiger partial charge in [0.25, 0.3) is 0 Å². The third-order valence-corrected chi connectivity index (χ3v) is 7.13. The van der Waals surface area contributed by atoms with Crippen molar-refractivity contribution in [1.29, 1.82) is 0 Å². The van der Waals surface area contributed by atoms with E-state index in [1.807, 2.05) is 5.32 Å². The second kappa shape index (κ2) is 6.47. The molecule has 0 fully saturated rings. The van der Waals surface area contributed by atoms with E-state index in [0.717, 1.165) is 18.2 Å². The fourth-order valence-electron chi connectivity index (χ4n) is 2.68. The van der Waals surface area contributed by atoms with Crippen LogP contribution in [0.3, 0.4) is 0 Å². The van der Waals surface area contributed by atoms with Crippen LogP contribution in [0.4, 0.5) is 23.2 Å². The number of anilines is 1. The van der Waals surface area contributed by atoms with Gasteiger partial charge in [-0.1, -0.05) is 0 Å². The Labute approximate surface area is 153 Å². The molecule has 3 N–H and O–H groups in total. The SMILES string of the molecule is CC1(C)C(N)=N[C@](C)(c2cc(NC(=O)CC(F)(F)F)ccc2F)CS1(=O)=O. The summed E-state index contributed by atoms with van der Waals surface area (Å²) >= 11 is 0. The molecule has 0 saturated heterocycles. The van der Waals surface area contributed by atoms with E-state index in [0.29, 0.717) is 0 Å². The molecule has 1 aromatic rings. The van der Waals surface area contributed by atoms with Crippen molar-refractivity contribution in [2.45, 2.75) is 43.7 Å². The van der Waals surface area contributed by atoms with Gasteiger partial charge in [0.1, 0.15) is 28.4 Å². The Morgan fingerprint density at radius 2 is 1.89 bits per heavy atom. The Morgan fingerprint density at radius 3 is 2.41 bits per heavy atom. The van der Waals surface area contributed by atoms with Crippen molar-refractivity contribution >= 4 is 27.3 Å². The lowest BCUT2D eigenvalue weighted by molar-refractivity contribution is -0.150. The van der Waals surface area contributed by atoms with Crippen molar-refractivity contribution in [2.75, 3.05) is 11.1 Å². The molecule has 2 rings (SSSR count). The molecular formula is C16H19F4N3O3S. The van der Waals surface area contributed by atoms with Crippen molar-refractivity contribution < 1.29 is 30.8 Å². The number of halogens is 4. The number of amidine groups is 1. The maximum absolute atomic E-state index is 14.4. The van der Waals surface area contributed by atoms with Crippen LogP contribution >= 0.6 is 0 Å². The Bertz CT molecular complexity index is 910. The molecule has 1 atom stereocenters. The number of amides is 1. The molecule has 150 valence electrons. The maximum Gasteiger partial charge on any atom is 0.397 e. The average Bonchev–Trinajstić information content (AvgIpc) is 2.45. The van der Waals surface area contributed by atoms with Gasteiger partial charge in [-0.3, -0.25) is 9.79 Å². The Balaban J connectivity index is 2.45. The summed E-state index contributed by atoms with van der Waals surface area (Å²) in [6.45, 7) is 4.11. The fourth-order valence-corrected chi connectivity index (χ4v) is 4.37. The van der Waals surface area contributed by atoms with Crippen LogP contribution in [0, 0.1) is 5.82 Å². The molecule has 0 aliphatic carbocycles. The molecule has 1 aliphatic heterocycles. The average molecular weight is 409 g/mol. The first kappa shape index (κ1) is 21.1. The zero-order valence-corrected chi connectivity index (χ0v) is 15.6. The molecule has 0 unspecified atom stereocenters. The number of nitrogens with one attached hydrogen (secondary N) is 1. The summed E-state index contributed by atoms with van der Waals surface area (Å²) < 4.78 is 74.9. The quantitative estimate of drug-likeness (QED) is 0.749. The first-order valence-electron chi connectivity index (χ1n) is 7.82.